The number of hydrogen-bond acceptors (Lipinski definition) is 5. The van der Waals surface area contributed by atoms with Gasteiger partial charge in [0.05, 0.1) is 24.7 Å². The smallest absolute Gasteiger partial charge is 0.331 e. The number of nitrogens with zero attached hydrogens (tertiary/aromatic N) is 1. The summed E-state index contributed by atoms with van der Waals surface area (Å²) in [6.07, 6.45) is 2.98. The SMILES string of the molecule is CC(C)OCCOc1ccc(-c2ccc3c(c2)C=C(C(=O)O)CCN3S(C)(=O)=O)cc1. The molecule has 3 rings (SSSR count). The molecule has 0 fully saturated rings. The number of carboxylic acid groups (broad SMARTS) is 1. The van der Waals surface area contributed by atoms with Gasteiger partial charge in [0.1, 0.15) is 12.4 Å². The van der Waals surface area contributed by atoms with Crippen molar-refractivity contribution in [3.63, 3.8) is 0 Å². The first-order chi connectivity index (χ1) is 14.6. The molecule has 0 radical (unpaired) electrons. The Kier molecular flexibility index (Phi) is 7.02. The Hall–Kier alpha value is -2.84. The molecule has 0 aromatic heterocycles. The van der Waals surface area contributed by atoms with Crippen LogP contribution in [0.1, 0.15) is 25.8 Å². The maximum Gasteiger partial charge on any atom is 0.331 e. The van der Waals surface area contributed by atoms with E-state index in [9.17, 15) is 18.3 Å². The van der Waals surface area contributed by atoms with E-state index >= 15 is 0 Å². The zero-order chi connectivity index (χ0) is 22.6. The predicted octanol–water partition coefficient (Wildman–Crippen LogP) is 3.80. The molecule has 8 heteroatoms. The van der Waals surface area contributed by atoms with Gasteiger partial charge in [-0.1, -0.05) is 18.2 Å². The van der Waals surface area contributed by atoms with Crippen molar-refractivity contribution in [1.82, 2.24) is 0 Å². The first kappa shape index (κ1) is 22.8. The van der Waals surface area contributed by atoms with Crippen LogP contribution in [-0.2, 0) is 19.6 Å². The van der Waals surface area contributed by atoms with E-state index in [1.807, 2.05) is 50.2 Å². The van der Waals surface area contributed by atoms with Crippen LogP contribution in [0.25, 0.3) is 17.2 Å². The van der Waals surface area contributed by atoms with Gasteiger partial charge >= 0.3 is 5.97 Å². The summed E-state index contributed by atoms with van der Waals surface area (Å²) < 4.78 is 36.9. The normalized spacial score (nSPS) is 14.1. The number of hydrogen-bond donors (Lipinski definition) is 1. The molecule has 0 unspecified atom stereocenters. The number of rotatable bonds is 8. The van der Waals surface area contributed by atoms with Crippen LogP contribution < -0.4 is 9.04 Å². The zero-order valence-corrected chi connectivity index (χ0v) is 18.7. The Morgan fingerprint density at radius 1 is 1.10 bits per heavy atom. The lowest BCUT2D eigenvalue weighted by atomic mass is 10.0. The van der Waals surface area contributed by atoms with Crippen LogP contribution in [0.15, 0.2) is 48.0 Å². The van der Waals surface area contributed by atoms with Crippen molar-refractivity contribution in [2.45, 2.75) is 26.4 Å². The van der Waals surface area contributed by atoms with Crippen molar-refractivity contribution in [3.8, 4) is 16.9 Å². The molecule has 0 saturated heterocycles. The van der Waals surface area contributed by atoms with E-state index in [0.29, 0.717) is 24.5 Å². The molecule has 31 heavy (non-hydrogen) atoms. The highest BCUT2D eigenvalue weighted by molar-refractivity contribution is 7.92. The van der Waals surface area contributed by atoms with Crippen molar-refractivity contribution < 1.29 is 27.8 Å². The Bertz CT molecular complexity index is 1070. The molecule has 2 aromatic rings. The maximum atomic E-state index is 12.2. The molecule has 1 heterocycles. The second kappa shape index (κ2) is 9.53. The lowest BCUT2D eigenvalue weighted by Gasteiger charge is -2.22. The number of aliphatic carboxylic acids is 1. The highest BCUT2D eigenvalue weighted by Crippen LogP contribution is 2.34. The number of fused-ring (bicyclic) bond motifs is 1. The summed E-state index contributed by atoms with van der Waals surface area (Å²) in [7, 11) is -3.53. The van der Waals surface area contributed by atoms with Gasteiger partial charge < -0.3 is 14.6 Å². The largest absolute Gasteiger partial charge is 0.491 e. The summed E-state index contributed by atoms with van der Waals surface area (Å²) in [6.45, 7) is 5.01. The molecule has 1 aliphatic rings. The topological polar surface area (TPSA) is 93.1 Å². The van der Waals surface area contributed by atoms with Crippen molar-refractivity contribution >= 4 is 27.8 Å². The summed E-state index contributed by atoms with van der Waals surface area (Å²) in [5.41, 5.74) is 2.98. The van der Waals surface area contributed by atoms with Gasteiger partial charge in [-0.3, -0.25) is 4.31 Å². The molecule has 0 saturated carbocycles. The molecule has 0 spiro atoms. The minimum Gasteiger partial charge on any atom is -0.491 e. The quantitative estimate of drug-likeness (QED) is 0.622. The number of carbonyl (C=O) groups is 1. The van der Waals surface area contributed by atoms with E-state index in [4.69, 9.17) is 9.47 Å². The Labute approximate surface area is 183 Å². The fraction of sp³-hybridized carbons (Fsp3) is 0.348. The van der Waals surface area contributed by atoms with Crippen molar-refractivity contribution in [2.24, 2.45) is 0 Å². The zero-order valence-electron chi connectivity index (χ0n) is 17.9. The Morgan fingerprint density at radius 2 is 1.77 bits per heavy atom. The van der Waals surface area contributed by atoms with Gasteiger partial charge in [0.2, 0.25) is 10.0 Å². The average molecular weight is 446 g/mol. The van der Waals surface area contributed by atoms with E-state index in [2.05, 4.69) is 0 Å². The molecule has 166 valence electrons. The third-order valence-electron chi connectivity index (χ3n) is 4.88. The van der Waals surface area contributed by atoms with E-state index < -0.39 is 16.0 Å². The van der Waals surface area contributed by atoms with E-state index in [-0.39, 0.29) is 24.6 Å². The van der Waals surface area contributed by atoms with Gasteiger partial charge in [0.15, 0.2) is 0 Å². The van der Waals surface area contributed by atoms with E-state index in [1.165, 1.54) is 4.31 Å². The van der Waals surface area contributed by atoms with Gasteiger partial charge in [0, 0.05) is 12.1 Å². The van der Waals surface area contributed by atoms with Gasteiger partial charge in [-0.25, -0.2) is 13.2 Å². The van der Waals surface area contributed by atoms with Crippen molar-refractivity contribution in [2.75, 3.05) is 30.3 Å². The lowest BCUT2D eigenvalue weighted by Crippen LogP contribution is -2.31. The van der Waals surface area contributed by atoms with Crippen LogP contribution >= 0.6 is 0 Å². The van der Waals surface area contributed by atoms with Gasteiger partial charge in [-0.05, 0) is 67.3 Å². The van der Waals surface area contributed by atoms with Crippen molar-refractivity contribution in [3.05, 3.63) is 53.6 Å². The summed E-state index contributed by atoms with van der Waals surface area (Å²) in [4.78, 5) is 11.6. The van der Waals surface area contributed by atoms with Crippen LogP contribution in [0.3, 0.4) is 0 Å². The molecule has 1 N–H and O–H groups in total. The number of sulfonamides is 1. The second-order valence-corrected chi connectivity index (χ2v) is 9.53. The molecule has 2 aromatic carbocycles. The van der Waals surface area contributed by atoms with Crippen LogP contribution in [0.4, 0.5) is 5.69 Å². The van der Waals surface area contributed by atoms with Crippen molar-refractivity contribution in [1.29, 1.82) is 0 Å². The number of anilines is 1. The van der Waals surface area contributed by atoms with Gasteiger partial charge in [-0.15, -0.1) is 0 Å². The van der Waals surface area contributed by atoms with Crippen LogP contribution in [0.2, 0.25) is 0 Å². The average Bonchev–Trinajstić information content (AvgIpc) is 2.91. The standard InChI is InChI=1S/C23H27NO6S/c1-16(2)29-12-13-30-21-7-4-17(5-8-21)18-6-9-22-20(14-18)15-19(23(25)26)10-11-24(22)31(3,27)28/h4-9,14-16H,10-13H2,1-3H3,(H,25,26). The minimum atomic E-state index is -3.53. The number of benzene rings is 2. The van der Waals surface area contributed by atoms with E-state index in [0.717, 1.165) is 23.1 Å². The lowest BCUT2D eigenvalue weighted by molar-refractivity contribution is -0.132. The first-order valence-corrected chi connectivity index (χ1v) is 11.9. The second-order valence-electron chi connectivity index (χ2n) is 7.63. The summed E-state index contributed by atoms with van der Waals surface area (Å²) in [5, 5.41) is 9.45. The molecule has 0 amide bonds. The van der Waals surface area contributed by atoms with Gasteiger partial charge in [0.25, 0.3) is 0 Å². The highest BCUT2D eigenvalue weighted by Gasteiger charge is 2.25. The number of ether oxygens (including phenoxy) is 2. The minimum absolute atomic E-state index is 0.0931. The maximum absolute atomic E-state index is 12.2. The summed E-state index contributed by atoms with van der Waals surface area (Å²) in [5.74, 6) is -0.322. The Balaban J connectivity index is 1.87. The predicted molar refractivity (Wildman–Crippen MR) is 121 cm³/mol. The number of carboxylic acids is 1. The van der Waals surface area contributed by atoms with Crippen LogP contribution in [0, 0.1) is 0 Å². The summed E-state index contributed by atoms with van der Waals surface area (Å²) in [6, 6.07) is 12.9. The van der Waals surface area contributed by atoms with Crippen LogP contribution in [0.5, 0.6) is 5.75 Å². The molecular weight excluding hydrogens is 418 g/mol. The Morgan fingerprint density at radius 3 is 2.39 bits per heavy atom. The molecule has 1 aliphatic heterocycles. The third-order valence-corrected chi connectivity index (χ3v) is 6.06. The molecular formula is C23H27NO6S. The fourth-order valence-corrected chi connectivity index (χ4v) is 4.33. The molecule has 0 atom stereocenters. The molecule has 7 nitrogen and oxygen atoms in total. The molecule has 0 aliphatic carbocycles. The van der Waals surface area contributed by atoms with Crippen LogP contribution in [-0.4, -0.2) is 51.6 Å². The third kappa shape index (κ3) is 5.86. The molecule has 0 bridgehead atoms. The first-order valence-electron chi connectivity index (χ1n) is 10.1. The highest BCUT2D eigenvalue weighted by atomic mass is 32.2. The fourth-order valence-electron chi connectivity index (χ4n) is 3.38. The monoisotopic (exact) mass is 445 g/mol. The summed E-state index contributed by atoms with van der Waals surface area (Å²) >= 11 is 0. The van der Waals surface area contributed by atoms with E-state index in [1.54, 1.807) is 12.1 Å². The van der Waals surface area contributed by atoms with Gasteiger partial charge in [-0.2, -0.15) is 0 Å².